The van der Waals surface area contributed by atoms with E-state index in [-0.39, 0.29) is 11.3 Å². The first-order valence-corrected chi connectivity index (χ1v) is 22.8. The van der Waals surface area contributed by atoms with Crippen LogP contribution < -0.4 is 4.90 Å². The Morgan fingerprint density at radius 3 is 2.00 bits per heavy atom. The first kappa shape index (κ1) is 25.7. The van der Waals surface area contributed by atoms with Crippen LogP contribution in [0.5, 0.6) is 0 Å². The molecule has 0 saturated heterocycles. The van der Waals surface area contributed by atoms with Crippen LogP contribution >= 0.6 is 0 Å². The molecule has 12 rings (SSSR count). The highest BCUT2D eigenvalue weighted by Gasteiger charge is 2.46. The number of hydrogen-bond donors (Lipinski definition) is 0. The fourth-order valence-electron chi connectivity index (χ4n) is 9.92. The van der Waals surface area contributed by atoms with Gasteiger partial charge in [0.25, 0.3) is 0 Å². The number of anilines is 1. The summed E-state index contributed by atoms with van der Waals surface area (Å²) in [6.07, 6.45) is -3.24. The van der Waals surface area contributed by atoms with Gasteiger partial charge in [-0.2, -0.15) is 0 Å². The molecular weight excluding hydrogens is 843 g/mol. The van der Waals surface area contributed by atoms with Crippen molar-refractivity contribution < 1.29 is 28.8 Å². The lowest BCUT2D eigenvalue weighted by molar-refractivity contribution is 0.620. The Labute approximate surface area is 441 Å². The zero-order chi connectivity index (χ0) is 65.0. The van der Waals surface area contributed by atoms with Gasteiger partial charge in [0, 0.05) is 8.43 Å². The summed E-state index contributed by atoms with van der Waals surface area (Å²) in [5.41, 5.74) is 1.33. The van der Waals surface area contributed by atoms with Crippen LogP contribution in [0.25, 0.3) is 66.6 Å². The van der Waals surface area contributed by atoms with Crippen molar-refractivity contribution in [2.24, 2.45) is 0 Å². The van der Waals surface area contributed by atoms with Gasteiger partial charge in [0.15, 0.2) is 0 Å². The highest BCUT2D eigenvalue weighted by molar-refractivity contribution is 6.13. The zero-order valence-electron chi connectivity index (χ0n) is 58.4. The molecular formula is C69H53N. The van der Waals surface area contributed by atoms with Crippen molar-refractivity contribution in [2.45, 2.75) is 30.3 Å². The van der Waals surface area contributed by atoms with Crippen molar-refractivity contribution in [1.29, 1.82) is 0 Å². The molecule has 2 aliphatic carbocycles. The van der Waals surface area contributed by atoms with Gasteiger partial charge >= 0.3 is 0 Å². The van der Waals surface area contributed by atoms with Crippen molar-refractivity contribution in [3.8, 4) is 33.4 Å². The van der Waals surface area contributed by atoms with Gasteiger partial charge in [0.05, 0.1) is 43.5 Å². The van der Waals surface area contributed by atoms with Gasteiger partial charge in [0.1, 0.15) is 0 Å². The summed E-state index contributed by atoms with van der Waals surface area (Å²) in [6, 6.07) is 32.1. The summed E-state index contributed by atoms with van der Waals surface area (Å²) in [5, 5.41) is 3.12. The average molecular weight is 917 g/mol. The van der Waals surface area contributed by atoms with Gasteiger partial charge in [-0.3, -0.25) is 0 Å². The Morgan fingerprint density at radius 1 is 0.614 bits per heavy atom. The molecule has 2 aliphatic rings. The van der Waals surface area contributed by atoms with Gasteiger partial charge in [-0.15, -0.1) is 6.55 Å². The van der Waals surface area contributed by atoms with Crippen LogP contribution in [0.3, 0.4) is 0 Å². The number of fused-ring (bicyclic) bond motifs is 6. The SMILES string of the molecule is [2H]C=C([2H])C(C([2H])/C([2H])=C/c1c([2H])c([2H])c(-c2c([2H])c([2H])c([2H])c([2H])c2[2H])c([2H])c1[2H])N(c1ccc2c(c1)C(c1ccccc1)(c1ccccc1)c1ccccc1-2)C1C([2H])=C([2H])C(c2c([2H])c([2H])c(-c3cc4ccccc4c4ccccc34)c([2H])c2[2H])=C([2H])C1[2H]. The molecule has 334 valence electrons. The van der Waals surface area contributed by atoms with Crippen molar-refractivity contribution in [3.05, 3.63) is 306 Å². The fraction of sp³-hybridized carbons (Fsp3) is 0.0725. The van der Waals surface area contributed by atoms with E-state index in [9.17, 15) is 15.1 Å². The topological polar surface area (TPSA) is 3.24 Å². The zero-order valence-corrected chi connectivity index (χ0v) is 37.4. The molecule has 0 amide bonds. The monoisotopic (exact) mass is 917 g/mol. The molecule has 0 aromatic heterocycles. The Kier molecular flexibility index (Phi) is 6.81. The van der Waals surface area contributed by atoms with Crippen LogP contribution in [-0.2, 0) is 5.41 Å². The van der Waals surface area contributed by atoms with Crippen LogP contribution in [-0.4, -0.2) is 12.1 Å². The van der Waals surface area contributed by atoms with Crippen LogP contribution in [0.1, 0.15) is 75.0 Å². The molecule has 0 fully saturated rings. The molecule has 0 aliphatic heterocycles. The quantitative estimate of drug-likeness (QED) is 0.0872. The van der Waals surface area contributed by atoms with E-state index in [0.717, 1.165) is 50.1 Å². The maximum atomic E-state index is 10.2. The lowest BCUT2D eigenvalue weighted by Gasteiger charge is -2.39. The summed E-state index contributed by atoms with van der Waals surface area (Å²) in [7, 11) is 0. The standard InChI is InChI=1S/C69H53N/c1-2-58(27-18-19-49-33-35-51(36-34-49)50-20-6-3-7-21-50)70(60-45-46-65-64-31-16-17-32-67(64)69(68(65)48-60,56-23-8-4-9-24-56)57-25-10-5-11-26-57)59-43-41-53(42-44-59)52-37-39-54(40-38-52)66-47-55-22-12-13-28-61(55)62-29-14-15-30-63(62)66/h2-26,28-43,45-48,58-59H,1,27,44H2/b19-18+/i1D,2D,3D,6D,7D,18D,20D,21D,27D,33D,34D,35D,36D,37D,38D,39D,40D,41D,42D,43D,44D/b2-1?,19-18+. The second kappa shape index (κ2) is 18.5. The van der Waals surface area contributed by atoms with Gasteiger partial charge in [-0.25, -0.2) is 0 Å². The largest absolute Gasteiger partial charge is 0.358 e. The van der Waals surface area contributed by atoms with Crippen LogP contribution in [0.2, 0.25) is 0 Å². The minimum absolute atomic E-state index is 0.0516. The molecule has 0 N–H and O–H groups in total. The number of hydrogen-bond acceptors (Lipinski definition) is 1. The number of allylic oxidation sites excluding steroid dienone is 2. The molecule has 4 unspecified atom stereocenters. The second-order valence-corrected chi connectivity index (χ2v) is 16.9. The minimum atomic E-state index is -2.10. The minimum Gasteiger partial charge on any atom is -0.358 e. The van der Waals surface area contributed by atoms with E-state index in [1.54, 1.807) is 30.3 Å². The smallest absolute Gasteiger partial charge is 0.0714 e. The molecule has 0 spiro atoms. The first-order chi connectivity index (χ1) is 43.5. The Bertz CT molecular complexity index is 4700. The Hall–Kier alpha value is -8.52. The molecule has 1 heteroatoms. The third kappa shape index (κ3) is 7.61. The van der Waals surface area contributed by atoms with Gasteiger partial charge < -0.3 is 4.90 Å². The van der Waals surface area contributed by atoms with Crippen molar-refractivity contribution >= 4 is 38.9 Å². The average Bonchev–Trinajstić information content (AvgIpc) is 1.58. The molecule has 70 heavy (non-hydrogen) atoms. The lowest BCUT2D eigenvalue weighted by atomic mass is 9.67. The van der Waals surface area contributed by atoms with E-state index in [1.807, 2.05) is 127 Å². The summed E-state index contributed by atoms with van der Waals surface area (Å²) in [5.74, 6) is 0. The molecule has 0 bridgehead atoms. The van der Waals surface area contributed by atoms with Gasteiger partial charge in [-0.05, 0) is 125 Å². The second-order valence-electron chi connectivity index (χ2n) is 16.9. The van der Waals surface area contributed by atoms with Crippen molar-refractivity contribution in [1.82, 2.24) is 0 Å². The summed E-state index contributed by atoms with van der Waals surface area (Å²) in [6.45, 7) is 0.600. The number of benzene rings is 10. The van der Waals surface area contributed by atoms with Crippen molar-refractivity contribution in [2.75, 3.05) is 4.90 Å². The fourth-order valence-corrected chi connectivity index (χ4v) is 9.92. The van der Waals surface area contributed by atoms with Gasteiger partial charge in [0.2, 0.25) is 0 Å². The van der Waals surface area contributed by atoms with Gasteiger partial charge in [-0.1, -0.05) is 254 Å². The van der Waals surface area contributed by atoms with E-state index in [1.165, 1.54) is 4.90 Å². The summed E-state index contributed by atoms with van der Waals surface area (Å²) < 4.78 is 194. The highest BCUT2D eigenvalue weighted by atomic mass is 15.2. The lowest BCUT2D eigenvalue weighted by Crippen LogP contribution is -2.42. The number of rotatable bonds is 12. The van der Waals surface area contributed by atoms with Crippen LogP contribution in [0, 0.1) is 0 Å². The summed E-state index contributed by atoms with van der Waals surface area (Å²) >= 11 is 0. The van der Waals surface area contributed by atoms with Crippen molar-refractivity contribution in [3.63, 3.8) is 0 Å². The molecule has 4 atom stereocenters. The van der Waals surface area contributed by atoms with Crippen LogP contribution in [0.15, 0.2) is 273 Å². The maximum Gasteiger partial charge on any atom is 0.0714 e. The normalized spacial score (nSPS) is 21.7. The van der Waals surface area contributed by atoms with E-state index in [2.05, 4.69) is 0 Å². The molecule has 0 saturated carbocycles. The van der Waals surface area contributed by atoms with E-state index >= 15 is 0 Å². The predicted molar refractivity (Wildman–Crippen MR) is 298 cm³/mol. The first-order valence-electron chi connectivity index (χ1n) is 33.5. The number of nitrogens with zero attached hydrogens (tertiary/aromatic N) is 1. The maximum absolute atomic E-state index is 10.2. The molecule has 10 aromatic carbocycles. The third-order valence-corrected chi connectivity index (χ3v) is 13.0. The Balaban J connectivity index is 1.07. The third-order valence-electron chi connectivity index (χ3n) is 13.0. The molecule has 0 heterocycles. The van der Waals surface area contributed by atoms with E-state index in [4.69, 9.17) is 13.7 Å². The molecule has 10 aromatic rings. The van der Waals surface area contributed by atoms with E-state index in [0.29, 0.717) is 23.1 Å². The molecule has 1 nitrogen and oxygen atoms in total. The van der Waals surface area contributed by atoms with E-state index < -0.39 is 167 Å². The predicted octanol–water partition coefficient (Wildman–Crippen LogP) is 17.6. The van der Waals surface area contributed by atoms with Crippen LogP contribution in [0.4, 0.5) is 5.69 Å². The molecule has 0 radical (unpaired) electrons. The Morgan fingerprint density at radius 2 is 1.24 bits per heavy atom. The summed E-state index contributed by atoms with van der Waals surface area (Å²) in [4.78, 5) is 1.26. The highest BCUT2D eigenvalue weighted by Crippen LogP contribution is 2.57.